The molecule has 0 saturated carbocycles. The average Bonchev–Trinajstić information content (AvgIpc) is 2.57. The summed E-state index contributed by atoms with van der Waals surface area (Å²) in [6.45, 7) is 9.87. The Bertz CT molecular complexity index is 487. The summed E-state index contributed by atoms with van der Waals surface area (Å²) in [5, 5.41) is 0. The fourth-order valence-electron chi connectivity index (χ4n) is 2.41. The zero-order valence-electron chi connectivity index (χ0n) is 14.8. The summed E-state index contributed by atoms with van der Waals surface area (Å²) in [5.41, 5.74) is 8.02. The molecule has 5 nitrogen and oxygen atoms in total. The van der Waals surface area contributed by atoms with Gasteiger partial charge < -0.3 is 15.2 Å². The van der Waals surface area contributed by atoms with Gasteiger partial charge in [-0.25, -0.2) is 0 Å². The van der Waals surface area contributed by atoms with E-state index in [2.05, 4.69) is 31.7 Å². The van der Waals surface area contributed by atoms with Gasteiger partial charge >= 0.3 is 5.97 Å². The van der Waals surface area contributed by atoms with Gasteiger partial charge in [-0.05, 0) is 37.6 Å². The Kier molecular flexibility index (Phi) is 8.66. The highest BCUT2D eigenvalue weighted by Gasteiger charge is 2.16. The van der Waals surface area contributed by atoms with Crippen LogP contribution in [-0.2, 0) is 22.5 Å². The molecule has 0 aliphatic heterocycles. The van der Waals surface area contributed by atoms with Crippen molar-refractivity contribution in [3.8, 4) is 5.75 Å². The highest BCUT2D eigenvalue weighted by atomic mass is 16.5. The van der Waals surface area contributed by atoms with E-state index in [0.29, 0.717) is 13.0 Å². The van der Waals surface area contributed by atoms with Crippen molar-refractivity contribution < 1.29 is 14.3 Å². The number of hydrogen-bond donors (Lipinski definition) is 1. The summed E-state index contributed by atoms with van der Waals surface area (Å²) in [5.74, 6) is 0.524. The van der Waals surface area contributed by atoms with Crippen LogP contribution in [-0.4, -0.2) is 43.7 Å². The number of methoxy groups -OCH3 is 1. The fraction of sp³-hybridized carbons (Fsp3) is 0.611. The summed E-state index contributed by atoms with van der Waals surface area (Å²) in [4.78, 5) is 13.8. The maximum absolute atomic E-state index is 11.5. The van der Waals surface area contributed by atoms with Crippen LogP contribution in [0, 0.1) is 0 Å². The van der Waals surface area contributed by atoms with Crippen molar-refractivity contribution in [2.24, 2.45) is 5.73 Å². The monoisotopic (exact) mass is 322 g/mol. The van der Waals surface area contributed by atoms with Crippen LogP contribution in [0.15, 0.2) is 18.2 Å². The van der Waals surface area contributed by atoms with Crippen LogP contribution in [0.4, 0.5) is 0 Å². The number of rotatable bonds is 10. The molecule has 1 aromatic carbocycles. The zero-order chi connectivity index (χ0) is 17.2. The number of nitrogens with two attached hydrogens (primary N) is 1. The Labute approximate surface area is 139 Å². The summed E-state index contributed by atoms with van der Waals surface area (Å²) in [6, 6.07) is 5.41. The van der Waals surface area contributed by atoms with Gasteiger partial charge in [0, 0.05) is 12.1 Å². The minimum atomic E-state index is -0.635. The van der Waals surface area contributed by atoms with Crippen molar-refractivity contribution in [3.63, 3.8) is 0 Å². The first-order valence-corrected chi connectivity index (χ1v) is 8.35. The number of carbonyl (C=O) groups excluding carboxylic acids is 1. The van der Waals surface area contributed by atoms with Gasteiger partial charge in [-0.2, -0.15) is 0 Å². The van der Waals surface area contributed by atoms with Gasteiger partial charge in [0.15, 0.2) is 0 Å². The van der Waals surface area contributed by atoms with E-state index in [1.54, 1.807) is 0 Å². The molecule has 1 unspecified atom stereocenters. The van der Waals surface area contributed by atoms with Gasteiger partial charge in [-0.15, -0.1) is 0 Å². The Hall–Kier alpha value is -1.59. The third-order valence-electron chi connectivity index (χ3n) is 3.83. The van der Waals surface area contributed by atoms with E-state index in [1.165, 1.54) is 7.11 Å². The molecule has 23 heavy (non-hydrogen) atoms. The molecule has 5 heteroatoms. The minimum Gasteiger partial charge on any atom is -0.493 e. The average molecular weight is 322 g/mol. The van der Waals surface area contributed by atoms with Crippen LogP contribution in [0.2, 0.25) is 0 Å². The Balaban J connectivity index is 2.95. The van der Waals surface area contributed by atoms with Gasteiger partial charge in [-0.1, -0.05) is 32.9 Å². The van der Waals surface area contributed by atoms with Gasteiger partial charge in [0.2, 0.25) is 0 Å². The SMILES string of the molecule is CCCOc1ccc(CC(N)C(=O)OC)cc1CN(CC)CC. The quantitative estimate of drug-likeness (QED) is 0.670. The highest BCUT2D eigenvalue weighted by molar-refractivity contribution is 5.75. The van der Waals surface area contributed by atoms with Crippen LogP contribution in [0.25, 0.3) is 0 Å². The molecule has 0 aliphatic rings. The standard InChI is InChI=1S/C18H30N2O3/c1-5-10-23-17-9-8-14(12-16(19)18(21)22-4)11-15(17)13-20(6-2)7-3/h8-9,11,16H,5-7,10,12-13,19H2,1-4H3. The molecule has 2 N–H and O–H groups in total. The Morgan fingerprint density at radius 1 is 1.26 bits per heavy atom. The van der Waals surface area contributed by atoms with Crippen molar-refractivity contribution in [2.45, 2.75) is 46.2 Å². The van der Waals surface area contributed by atoms with Crippen LogP contribution < -0.4 is 10.5 Å². The summed E-state index contributed by atoms with van der Waals surface area (Å²) < 4.78 is 10.5. The number of nitrogens with zero attached hydrogens (tertiary/aromatic N) is 1. The number of hydrogen-bond acceptors (Lipinski definition) is 5. The van der Waals surface area contributed by atoms with Gasteiger partial charge in [-0.3, -0.25) is 9.69 Å². The van der Waals surface area contributed by atoms with E-state index in [4.69, 9.17) is 15.2 Å². The second kappa shape index (κ2) is 10.2. The van der Waals surface area contributed by atoms with E-state index in [9.17, 15) is 4.79 Å². The summed E-state index contributed by atoms with van der Waals surface area (Å²) in [6.07, 6.45) is 1.44. The van der Waals surface area contributed by atoms with E-state index in [0.717, 1.165) is 42.9 Å². The van der Waals surface area contributed by atoms with Gasteiger partial charge in [0.1, 0.15) is 11.8 Å². The van der Waals surface area contributed by atoms with E-state index < -0.39 is 6.04 Å². The molecule has 0 saturated heterocycles. The first kappa shape index (κ1) is 19.5. The molecule has 0 aromatic heterocycles. The van der Waals surface area contributed by atoms with Crippen LogP contribution in [0.3, 0.4) is 0 Å². The molecule has 0 bridgehead atoms. The lowest BCUT2D eigenvalue weighted by molar-refractivity contribution is -0.142. The number of benzene rings is 1. The maximum atomic E-state index is 11.5. The second-order valence-electron chi connectivity index (χ2n) is 5.59. The molecule has 0 aliphatic carbocycles. The van der Waals surface area contributed by atoms with Crippen LogP contribution in [0.1, 0.15) is 38.3 Å². The molecule has 0 spiro atoms. The van der Waals surface area contributed by atoms with Crippen LogP contribution in [0.5, 0.6) is 5.75 Å². The third-order valence-corrected chi connectivity index (χ3v) is 3.83. The molecule has 1 aromatic rings. The Morgan fingerprint density at radius 3 is 2.52 bits per heavy atom. The first-order chi connectivity index (χ1) is 11.0. The van der Waals surface area contributed by atoms with E-state index in [-0.39, 0.29) is 5.97 Å². The number of carbonyl (C=O) groups is 1. The molecule has 0 heterocycles. The van der Waals surface area contributed by atoms with Crippen LogP contribution >= 0.6 is 0 Å². The van der Waals surface area contributed by atoms with Gasteiger partial charge in [0.25, 0.3) is 0 Å². The zero-order valence-corrected chi connectivity index (χ0v) is 14.8. The lowest BCUT2D eigenvalue weighted by atomic mass is 10.0. The smallest absolute Gasteiger partial charge is 0.322 e. The van der Waals surface area contributed by atoms with E-state index >= 15 is 0 Å². The lowest BCUT2D eigenvalue weighted by Crippen LogP contribution is -2.33. The maximum Gasteiger partial charge on any atom is 0.322 e. The van der Waals surface area contributed by atoms with Crippen molar-refractivity contribution in [3.05, 3.63) is 29.3 Å². The van der Waals surface area contributed by atoms with Gasteiger partial charge in [0.05, 0.1) is 13.7 Å². The lowest BCUT2D eigenvalue weighted by Gasteiger charge is -2.21. The van der Waals surface area contributed by atoms with Crippen molar-refractivity contribution >= 4 is 5.97 Å². The molecule has 130 valence electrons. The van der Waals surface area contributed by atoms with Crippen molar-refractivity contribution in [1.82, 2.24) is 4.90 Å². The molecular weight excluding hydrogens is 292 g/mol. The first-order valence-electron chi connectivity index (χ1n) is 8.35. The highest BCUT2D eigenvalue weighted by Crippen LogP contribution is 2.23. The summed E-state index contributed by atoms with van der Waals surface area (Å²) >= 11 is 0. The predicted octanol–water partition coefficient (Wildman–Crippen LogP) is 2.36. The minimum absolute atomic E-state index is 0.387. The normalized spacial score (nSPS) is 12.3. The van der Waals surface area contributed by atoms with E-state index in [1.807, 2.05) is 12.1 Å². The predicted molar refractivity (Wildman–Crippen MR) is 92.5 cm³/mol. The molecule has 0 fully saturated rings. The number of esters is 1. The molecule has 1 rings (SSSR count). The molecule has 1 atom stereocenters. The summed E-state index contributed by atoms with van der Waals surface area (Å²) in [7, 11) is 1.36. The largest absolute Gasteiger partial charge is 0.493 e. The molecular formula is C18H30N2O3. The second-order valence-corrected chi connectivity index (χ2v) is 5.59. The topological polar surface area (TPSA) is 64.8 Å². The number of ether oxygens (including phenoxy) is 2. The molecule has 0 amide bonds. The third kappa shape index (κ3) is 6.20. The fourth-order valence-corrected chi connectivity index (χ4v) is 2.41. The van der Waals surface area contributed by atoms with Crippen molar-refractivity contribution in [1.29, 1.82) is 0 Å². The molecule has 0 radical (unpaired) electrons. The van der Waals surface area contributed by atoms with Crippen molar-refractivity contribution in [2.75, 3.05) is 26.8 Å². The Morgan fingerprint density at radius 2 is 1.96 bits per heavy atom.